The molecule has 1 amide bonds. The number of rotatable bonds is 4. The summed E-state index contributed by atoms with van der Waals surface area (Å²) >= 11 is 0. The zero-order valence-corrected chi connectivity index (χ0v) is 18.6. The fourth-order valence-corrected chi connectivity index (χ4v) is 4.20. The minimum absolute atomic E-state index is 0.0163. The number of hydrogen-bond donors (Lipinski definition) is 0. The van der Waals surface area contributed by atoms with Crippen molar-refractivity contribution >= 4 is 11.6 Å². The summed E-state index contributed by atoms with van der Waals surface area (Å²) in [5, 5.41) is 0. The van der Waals surface area contributed by atoms with E-state index in [1.807, 2.05) is 60.3 Å². The lowest BCUT2D eigenvalue weighted by molar-refractivity contribution is -0.137. The van der Waals surface area contributed by atoms with Gasteiger partial charge in [0.15, 0.2) is 0 Å². The van der Waals surface area contributed by atoms with Crippen LogP contribution < -0.4 is 4.90 Å². The molecule has 3 aromatic rings. The van der Waals surface area contributed by atoms with Crippen molar-refractivity contribution in [3.05, 3.63) is 83.6 Å². The van der Waals surface area contributed by atoms with E-state index >= 15 is 0 Å². The highest BCUT2D eigenvalue weighted by Crippen LogP contribution is 2.33. The van der Waals surface area contributed by atoms with Crippen molar-refractivity contribution in [3.8, 4) is 11.3 Å². The number of amides is 1. The van der Waals surface area contributed by atoms with Gasteiger partial charge in [-0.05, 0) is 55.3 Å². The maximum absolute atomic E-state index is 13.2. The van der Waals surface area contributed by atoms with E-state index in [2.05, 4.69) is 4.98 Å². The van der Waals surface area contributed by atoms with Crippen LogP contribution in [0.1, 0.15) is 40.4 Å². The molecule has 1 aromatic heterocycles. The first-order valence-corrected chi connectivity index (χ1v) is 10.9. The van der Waals surface area contributed by atoms with E-state index in [0.29, 0.717) is 29.9 Å². The molecule has 1 aliphatic heterocycles. The molecule has 4 rings (SSSR count). The van der Waals surface area contributed by atoms with Crippen LogP contribution in [0, 0.1) is 0 Å². The third-order valence-electron chi connectivity index (χ3n) is 5.99. The largest absolute Gasteiger partial charge is 0.416 e. The summed E-state index contributed by atoms with van der Waals surface area (Å²) in [4.78, 5) is 21.6. The fraction of sp³-hybridized carbons (Fsp3) is 0.308. The van der Waals surface area contributed by atoms with Gasteiger partial charge < -0.3 is 9.80 Å². The molecule has 0 bridgehead atoms. The number of nitrogens with zero attached hydrogens (tertiary/aromatic N) is 3. The Balaban J connectivity index is 1.55. The molecule has 1 fully saturated rings. The van der Waals surface area contributed by atoms with Crippen LogP contribution in [0.25, 0.3) is 11.3 Å². The number of aromatic nitrogens is 1. The molecule has 4 nitrogen and oxygen atoms in total. The number of hydrogen-bond acceptors (Lipinski definition) is 3. The Morgan fingerprint density at radius 3 is 2.55 bits per heavy atom. The molecule has 1 saturated heterocycles. The summed E-state index contributed by atoms with van der Waals surface area (Å²) in [6, 6.07) is 18.2. The van der Waals surface area contributed by atoms with E-state index < -0.39 is 11.7 Å². The average Bonchev–Trinajstić information content (AvgIpc) is 2.83. The summed E-state index contributed by atoms with van der Waals surface area (Å²) in [6.45, 7) is 1.21. The number of carbonyl (C=O) groups is 1. The first kappa shape index (κ1) is 22.8. The highest BCUT2D eigenvalue weighted by atomic mass is 19.4. The van der Waals surface area contributed by atoms with Gasteiger partial charge in [-0.2, -0.15) is 13.2 Å². The number of pyridine rings is 1. The predicted octanol–water partition coefficient (Wildman–Crippen LogP) is 5.85. The standard InChI is InChI=1S/C26H26F3N3O/c1-31(2)22-11-4-8-19(16-22)25(33)32-14-6-9-20(17-32)24-13-5-12-23(30-24)18-7-3-10-21(15-18)26(27,28)29/h3-5,7-8,10-13,15-16,20H,6,9,14,17H2,1-2H3/t20-/m1/s1. The second-order valence-corrected chi connectivity index (χ2v) is 8.56. The zero-order valence-electron chi connectivity index (χ0n) is 18.6. The summed E-state index contributed by atoms with van der Waals surface area (Å²) in [5.41, 5.74) is 2.64. The van der Waals surface area contributed by atoms with Crippen molar-refractivity contribution in [2.45, 2.75) is 24.9 Å². The van der Waals surface area contributed by atoms with Gasteiger partial charge in [0.1, 0.15) is 0 Å². The van der Waals surface area contributed by atoms with E-state index in [0.717, 1.165) is 36.4 Å². The first-order valence-electron chi connectivity index (χ1n) is 10.9. The van der Waals surface area contributed by atoms with Gasteiger partial charge in [0, 0.05) is 55.6 Å². The summed E-state index contributed by atoms with van der Waals surface area (Å²) in [5.74, 6) is 0.0166. The van der Waals surface area contributed by atoms with Gasteiger partial charge in [0.25, 0.3) is 5.91 Å². The van der Waals surface area contributed by atoms with Crippen molar-refractivity contribution in [1.29, 1.82) is 0 Å². The smallest absolute Gasteiger partial charge is 0.378 e. The second kappa shape index (κ2) is 9.25. The topological polar surface area (TPSA) is 36.4 Å². The molecule has 0 saturated carbocycles. The molecule has 0 aliphatic carbocycles. The summed E-state index contributed by atoms with van der Waals surface area (Å²) < 4.78 is 39.4. The van der Waals surface area contributed by atoms with Crippen LogP contribution >= 0.6 is 0 Å². The van der Waals surface area contributed by atoms with Gasteiger partial charge in [-0.1, -0.05) is 24.3 Å². The van der Waals surface area contributed by atoms with Crippen LogP contribution in [0.3, 0.4) is 0 Å². The molecular formula is C26H26F3N3O. The van der Waals surface area contributed by atoms with E-state index in [4.69, 9.17) is 0 Å². The quantitative estimate of drug-likeness (QED) is 0.497. The van der Waals surface area contributed by atoms with Crippen molar-refractivity contribution < 1.29 is 18.0 Å². The molecule has 1 aliphatic rings. The van der Waals surface area contributed by atoms with Crippen LogP contribution in [-0.4, -0.2) is 43.0 Å². The number of benzene rings is 2. The molecule has 0 spiro atoms. The van der Waals surface area contributed by atoms with Crippen LogP contribution in [-0.2, 0) is 6.18 Å². The molecule has 2 aromatic carbocycles. The zero-order chi connectivity index (χ0) is 23.6. The SMILES string of the molecule is CN(C)c1cccc(C(=O)N2CCC[C@@H](c3cccc(-c4cccc(C(F)(F)F)c4)n3)C2)c1. The van der Waals surface area contributed by atoms with Gasteiger partial charge in [0.2, 0.25) is 0 Å². The summed E-state index contributed by atoms with van der Waals surface area (Å²) in [6.07, 6.45) is -2.68. The Bertz CT molecular complexity index is 1140. The number of alkyl halides is 3. The molecular weight excluding hydrogens is 427 g/mol. The first-order chi connectivity index (χ1) is 15.7. The third-order valence-corrected chi connectivity index (χ3v) is 5.99. The Morgan fingerprint density at radius 2 is 1.79 bits per heavy atom. The van der Waals surface area contributed by atoms with E-state index in [1.54, 1.807) is 12.1 Å². The fourth-order valence-electron chi connectivity index (χ4n) is 4.20. The number of piperidine rings is 1. The van der Waals surface area contributed by atoms with Crippen LogP contribution in [0.5, 0.6) is 0 Å². The van der Waals surface area contributed by atoms with Crippen LogP contribution in [0.15, 0.2) is 66.7 Å². The molecule has 2 heterocycles. The highest BCUT2D eigenvalue weighted by Gasteiger charge is 2.31. The Hall–Kier alpha value is -3.35. The van der Waals surface area contributed by atoms with Crippen molar-refractivity contribution in [2.24, 2.45) is 0 Å². The maximum atomic E-state index is 13.2. The molecule has 1 atom stereocenters. The third kappa shape index (κ3) is 5.18. The monoisotopic (exact) mass is 453 g/mol. The van der Waals surface area contributed by atoms with Crippen molar-refractivity contribution in [3.63, 3.8) is 0 Å². The van der Waals surface area contributed by atoms with Crippen LogP contribution in [0.4, 0.5) is 18.9 Å². The highest BCUT2D eigenvalue weighted by molar-refractivity contribution is 5.95. The van der Waals surface area contributed by atoms with Gasteiger partial charge in [-0.15, -0.1) is 0 Å². The second-order valence-electron chi connectivity index (χ2n) is 8.56. The number of likely N-dealkylation sites (tertiary alicyclic amines) is 1. The molecule has 0 unspecified atom stereocenters. The predicted molar refractivity (Wildman–Crippen MR) is 123 cm³/mol. The molecule has 0 N–H and O–H groups in total. The summed E-state index contributed by atoms with van der Waals surface area (Å²) in [7, 11) is 3.87. The van der Waals surface area contributed by atoms with E-state index in [1.165, 1.54) is 6.07 Å². The average molecular weight is 454 g/mol. The van der Waals surface area contributed by atoms with Crippen LogP contribution in [0.2, 0.25) is 0 Å². The van der Waals surface area contributed by atoms with Crippen molar-refractivity contribution in [2.75, 3.05) is 32.1 Å². The number of anilines is 1. The molecule has 7 heteroatoms. The normalized spacial score (nSPS) is 16.5. The van der Waals surface area contributed by atoms with Crippen molar-refractivity contribution in [1.82, 2.24) is 9.88 Å². The molecule has 172 valence electrons. The minimum atomic E-state index is -4.40. The van der Waals surface area contributed by atoms with Gasteiger partial charge in [0.05, 0.1) is 11.3 Å². The molecule has 33 heavy (non-hydrogen) atoms. The Labute approximate surface area is 191 Å². The van der Waals surface area contributed by atoms with E-state index in [9.17, 15) is 18.0 Å². The number of halogens is 3. The maximum Gasteiger partial charge on any atom is 0.416 e. The van der Waals surface area contributed by atoms with Gasteiger partial charge in [-0.3, -0.25) is 9.78 Å². The lowest BCUT2D eigenvalue weighted by Gasteiger charge is -2.33. The Morgan fingerprint density at radius 1 is 1.03 bits per heavy atom. The lowest BCUT2D eigenvalue weighted by Crippen LogP contribution is -2.39. The Kier molecular flexibility index (Phi) is 6.40. The van der Waals surface area contributed by atoms with Gasteiger partial charge >= 0.3 is 6.18 Å². The number of carbonyl (C=O) groups excluding carboxylic acids is 1. The molecule has 0 radical (unpaired) electrons. The van der Waals surface area contributed by atoms with E-state index in [-0.39, 0.29) is 11.8 Å². The lowest BCUT2D eigenvalue weighted by atomic mass is 9.93. The minimum Gasteiger partial charge on any atom is -0.378 e. The van der Waals surface area contributed by atoms with Gasteiger partial charge in [-0.25, -0.2) is 0 Å².